The van der Waals surface area contributed by atoms with Gasteiger partial charge in [-0.2, -0.15) is 5.10 Å². The SMILES string of the molecule is Cc1cccc(NC(=O)c2cc(-c3ccc4c(c3)OCO4)n[nH]2)c1C. The first-order chi connectivity index (χ1) is 12.1. The van der Waals surface area contributed by atoms with Gasteiger partial charge >= 0.3 is 0 Å². The average molecular weight is 335 g/mol. The molecule has 1 aliphatic heterocycles. The highest BCUT2D eigenvalue weighted by atomic mass is 16.7. The summed E-state index contributed by atoms with van der Waals surface area (Å²) in [5, 5.41) is 9.94. The van der Waals surface area contributed by atoms with Crippen LogP contribution >= 0.6 is 0 Å². The highest BCUT2D eigenvalue weighted by molar-refractivity contribution is 6.03. The number of aromatic nitrogens is 2. The summed E-state index contributed by atoms with van der Waals surface area (Å²) in [5.41, 5.74) is 4.89. The maximum atomic E-state index is 12.5. The number of aryl methyl sites for hydroxylation is 1. The van der Waals surface area contributed by atoms with Gasteiger partial charge in [0.2, 0.25) is 6.79 Å². The number of fused-ring (bicyclic) bond motifs is 1. The number of H-pyrrole nitrogens is 1. The van der Waals surface area contributed by atoms with Gasteiger partial charge in [-0.15, -0.1) is 0 Å². The number of rotatable bonds is 3. The van der Waals surface area contributed by atoms with Crippen LogP contribution in [0.5, 0.6) is 11.5 Å². The van der Waals surface area contributed by atoms with Crippen molar-refractivity contribution in [1.82, 2.24) is 10.2 Å². The van der Waals surface area contributed by atoms with E-state index < -0.39 is 0 Å². The molecule has 1 amide bonds. The molecule has 3 aromatic rings. The molecule has 2 N–H and O–H groups in total. The lowest BCUT2D eigenvalue weighted by Crippen LogP contribution is -2.13. The largest absolute Gasteiger partial charge is 0.454 e. The van der Waals surface area contributed by atoms with Crippen LogP contribution in [0.2, 0.25) is 0 Å². The molecule has 4 rings (SSSR count). The predicted octanol–water partition coefficient (Wildman–Crippen LogP) is 3.67. The minimum absolute atomic E-state index is 0.225. The Kier molecular flexibility index (Phi) is 3.65. The lowest BCUT2D eigenvalue weighted by molar-refractivity contribution is 0.102. The van der Waals surface area contributed by atoms with Crippen molar-refractivity contribution in [2.45, 2.75) is 13.8 Å². The van der Waals surface area contributed by atoms with E-state index in [0.717, 1.165) is 22.4 Å². The van der Waals surface area contributed by atoms with Crippen molar-refractivity contribution in [3.8, 4) is 22.8 Å². The third kappa shape index (κ3) is 2.82. The predicted molar refractivity (Wildman–Crippen MR) is 94.0 cm³/mol. The highest BCUT2D eigenvalue weighted by Gasteiger charge is 2.17. The zero-order chi connectivity index (χ0) is 17.4. The van der Waals surface area contributed by atoms with Gasteiger partial charge in [0.1, 0.15) is 5.69 Å². The summed E-state index contributed by atoms with van der Waals surface area (Å²) in [7, 11) is 0. The molecule has 6 heteroatoms. The number of aromatic amines is 1. The molecule has 126 valence electrons. The fourth-order valence-corrected chi connectivity index (χ4v) is 2.72. The summed E-state index contributed by atoms with van der Waals surface area (Å²) in [4.78, 5) is 12.5. The van der Waals surface area contributed by atoms with Crippen LogP contribution in [0.3, 0.4) is 0 Å². The standard InChI is InChI=1S/C19H17N3O3/c1-11-4-3-5-14(12(11)2)20-19(23)16-9-15(21-22-16)13-6-7-17-18(8-13)25-10-24-17/h3-9H,10H2,1-2H3,(H,20,23)(H,21,22). The van der Waals surface area contributed by atoms with Crippen LogP contribution in [0.15, 0.2) is 42.5 Å². The third-order valence-electron chi connectivity index (χ3n) is 4.34. The first-order valence-corrected chi connectivity index (χ1v) is 7.95. The van der Waals surface area contributed by atoms with E-state index >= 15 is 0 Å². The number of ether oxygens (including phenoxy) is 2. The van der Waals surface area contributed by atoms with E-state index in [-0.39, 0.29) is 12.7 Å². The molecule has 0 saturated heterocycles. The molecule has 0 bridgehead atoms. The van der Waals surface area contributed by atoms with E-state index in [4.69, 9.17) is 9.47 Å². The van der Waals surface area contributed by atoms with Crippen molar-refractivity contribution in [3.05, 3.63) is 59.3 Å². The molecular formula is C19H17N3O3. The van der Waals surface area contributed by atoms with E-state index in [1.807, 2.05) is 50.2 Å². The number of carbonyl (C=O) groups is 1. The first-order valence-electron chi connectivity index (χ1n) is 7.95. The van der Waals surface area contributed by atoms with Crippen LogP contribution in [-0.4, -0.2) is 22.9 Å². The van der Waals surface area contributed by atoms with Gasteiger partial charge in [0, 0.05) is 11.3 Å². The molecule has 2 aromatic carbocycles. The molecule has 0 atom stereocenters. The molecule has 1 aromatic heterocycles. The number of hydrogen-bond donors (Lipinski definition) is 2. The van der Waals surface area contributed by atoms with Gasteiger partial charge in [-0.3, -0.25) is 9.89 Å². The molecule has 0 aliphatic carbocycles. The van der Waals surface area contributed by atoms with Crippen LogP contribution < -0.4 is 14.8 Å². The lowest BCUT2D eigenvalue weighted by atomic mass is 10.1. The van der Waals surface area contributed by atoms with Gasteiger partial charge in [-0.25, -0.2) is 0 Å². The number of carbonyl (C=O) groups excluding carboxylic acids is 1. The molecule has 0 spiro atoms. The van der Waals surface area contributed by atoms with Gasteiger partial charge in [-0.05, 0) is 55.3 Å². The van der Waals surface area contributed by atoms with Crippen LogP contribution in [0.25, 0.3) is 11.3 Å². The van der Waals surface area contributed by atoms with Crippen molar-refractivity contribution in [2.75, 3.05) is 12.1 Å². The summed E-state index contributed by atoms with van der Waals surface area (Å²) >= 11 is 0. The van der Waals surface area contributed by atoms with Crippen LogP contribution in [0.1, 0.15) is 21.6 Å². The highest BCUT2D eigenvalue weighted by Crippen LogP contribution is 2.35. The second-order valence-electron chi connectivity index (χ2n) is 5.94. The summed E-state index contributed by atoms with van der Waals surface area (Å²) in [6.45, 7) is 4.22. The molecule has 1 aliphatic rings. The van der Waals surface area contributed by atoms with E-state index in [0.29, 0.717) is 22.9 Å². The minimum Gasteiger partial charge on any atom is -0.454 e. The van der Waals surface area contributed by atoms with Crippen molar-refractivity contribution in [3.63, 3.8) is 0 Å². The summed E-state index contributed by atoms with van der Waals surface area (Å²) < 4.78 is 10.7. The summed E-state index contributed by atoms with van der Waals surface area (Å²) in [6, 6.07) is 13.1. The summed E-state index contributed by atoms with van der Waals surface area (Å²) in [6.07, 6.45) is 0. The zero-order valence-corrected chi connectivity index (χ0v) is 13.9. The van der Waals surface area contributed by atoms with Gasteiger partial charge in [0.25, 0.3) is 5.91 Å². The fraction of sp³-hybridized carbons (Fsp3) is 0.158. The number of nitrogens with zero attached hydrogens (tertiary/aromatic N) is 1. The van der Waals surface area contributed by atoms with Crippen LogP contribution in [0, 0.1) is 13.8 Å². The zero-order valence-electron chi connectivity index (χ0n) is 13.9. The Morgan fingerprint density at radius 3 is 2.84 bits per heavy atom. The minimum atomic E-state index is -0.229. The molecule has 2 heterocycles. The first kappa shape index (κ1) is 15.3. The molecule has 25 heavy (non-hydrogen) atoms. The van der Waals surface area contributed by atoms with E-state index in [2.05, 4.69) is 15.5 Å². The van der Waals surface area contributed by atoms with E-state index in [1.165, 1.54) is 0 Å². The van der Waals surface area contributed by atoms with E-state index in [1.54, 1.807) is 6.07 Å². The molecule has 0 fully saturated rings. The van der Waals surface area contributed by atoms with Crippen molar-refractivity contribution < 1.29 is 14.3 Å². The lowest BCUT2D eigenvalue weighted by Gasteiger charge is -2.09. The number of hydrogen-bond acceptors (Lipinski definition) is 4. The Morgan fingerprint density at radius 1 is 1.12 bits per heavy atom. The second kappa shape index (κ2) is 5.98. The van der Waals surface area contributed by atoms with Crippen molar-refractivity contribution in [2.24, 2.45) is 0 Å². The third-order valence-corrected chi connectivity index (χ3v) is 4.34. The molecular weight excluding hydrogens is 318 g/mol. The quantitative estimate of drug-likeness (QED) is 0.765. The Bertz CT molecular complexity index is 962. The van der Waals surface area contributed by atoms with Gasteiger partial charge in [-0.1, -0.05) is 12.1 Å². The monoisotopic (exact) mass is 335 g/mol. The topological polar surface area (TPSA) is 76.2 Å². The van der Waals surface area contributed by atoms with Gasteiger partial charge in [0.05, 0.1) is 5.69 Å². The Balaban J connectivity index is 1.56. The second-order valence-corrected chi connectivity index (χ2v) is 5.94. The molecule has 0 saturated carbocycles. The number of amides is 1. The average Bonchev–Trinajstić information content (AvgIpc) is 3.27. The Morgan fingerprint density at radius 2 is 1.96 bits per heavy atom. The molecule has 6 nitrogen and oxygen atoms in total. The number of nitrogens with one attached hydrogen (secondary N) is 2. The number of benzene rings is 2. The Hall–Kier alpha value is -3.28. The maximum absolute atomic E-state index is 12.5. The molecule has 0 radical (unpaired) electrons. The number of anilines is 1. The van der Waals surface area contributed by atoms with Gasteiger partial charge in [0.15, 0.2) is 11.5 Å². The van der Waals surface area contributed by atoms with Crippen molar-refractivity contribution >= 4 is 11.6 Å². The van der Waals surface area contributed by atoms with Gasteiger partial charge < -0.3 is 14.8 Å². The summed E-state index contributed by atoms with van der Waals surface area (Å²) in [5.74, 6) is 1.17. The smallest absolute Gasteiger partial charge is 0.273 e. The van der Waals surface area contributed by atoms with Crippen molar-refractivity contribution in [1.29, 1.82) is 0 Å². The Labute approximate surface area is 144 Å². The molecule has 0 unspecified atom stereocenters. The normalized spacial score (nSPS) is 12.2. The van der Waals surface area contributed by atoms with Crippen LogP contribution in [0.4, 0.5) is 5.69 Å². The fourth-order valence-electron chi connectivity index (χ4n) is 2.72. The maximum Gasteiger partial charge on any atom is 0.273 e. The van der Waals surface area contributed by atoms with Crippen LogP contribution in [-0.2, 0) is 0 Å². The van der Waals surface area contributed by atoms with E-state index in [9.17, 15) is 4.79 Å².